The fraction of sp³-hybridized carbons (Fsp3) is 0.250. The van der Waals surface area contributed by atoms with E-state index in [0.717, 1.165) is 11.3 Å². The SMILES string of the molecule is O=C1Cc2ccc(NC(=O)C(=O)N3CCN(c4cccc(Cl)c4)CC3)cc2O1. The van der Waals surface area contributed by atoms with Crippen molar-refractivity contribution in [3.8, 4) is 5.75 Å². The van der Waals surface area contributed by atoms with Crippen molar-refractivity contribution in [1.82, 2.24) is 4.90 Å². The van der Waals surface area contributed by atoms with Gasteiger partial charge in [-0.15, -0.1) is 0 Å². The van der Waals surface area contributed by atoms with E-state index in [9.17, 15) is 14.4 Å². The molecule has 28 heavy (non-hydrogen) atoms. The van der Waals surface area contributed by atoms with Crippen LogP contribution in [0.3, 0.4) is 0 Å². The van der Waals surface area contributed by atoms with E-state index in [1.165, 1.54) is 4.90 Å². The number of rotatable bonds is 2. The van der Waals surface area contributed by atoms with Crippen LogP contribution in [0.5, 0.6) is 5.75 Å². The molecule has 2 aromatic carbocycles. The number of nitrogens with zero attached hydrogens (tertiary/aromatic N) is 2. The maximum atomic E-state index is 12.5. The number of nitrogens with one attached hydrogen (secondary N) is 1. The van der Waals surface area contributed by atoms with Crippen LogP contribution in [0, 0.1) is 0 Å². The molecule has 0 spiro atoms. The highest BCUT2D eigenvalue weighted by Gasteiger charge is 2.27. The van der Waals surface area contributed by atoms with Gasteiger partial charge < -0.3 is 19.9 Å². The Morgan fingerprint density at radius 1 is 1.04 bits per heavy atom. The molecule has 0 unspecified atom stereocenters. The minimum absolute atomic E-state index is 0.222. The lowest BCUT2D eigenvalue weighted by atomic mass is 10.1. The first-order valence-corrected chi connectivity index (χ1v) is 9.32. The van der Waals surface area contributed by atoms with E-state index in [2.05, 4.69) is 10.2 Å². The third-order valence-corrected chi connectivity index (χ3v) is 5.05. The molecular weight excluding hydrogens is 382 g/mol. The fourth-order valence-electron chi connectivity index (χ4n) is 3.36. The number of piperazine rings is 1. The van der Waals surface area contributed by atoms with Crippen LogP contribution in [0.4, 0.5) is 11.4 Å². The third kappa shape index (κ3) is 3.80. The second-order valence-electron chi connectivity index (χ2n) is 6.69. The van der Waals surface area contributed by atoms with Gasteiger partial charge in [0.1, 0.15) is 5.75 Å². The molecule has 2 aliphatic heterocycles. The third-order valence-electron chi connectivity index (χ3n) is 4.82. The number of carbonyl (C=O) groups is 3. The van der Waals surface area contributed by atoms with Crippen LogP contribution in [0.2, 0.25) is 5.02 Å². The normalized spacial score (nSPS) is 15.8. The predicted molar refractivity (Wildman–Crippen MR) is 105 cm³/mol. The summed E-state index contributed by atoms with van der Waals surface area (Å²) in [6.45, 7) is 2.13. The maximum absolute atomic E-state index is 12.5. The van der Waals surface area contributed by atoms with Crippen molar-refractivity contribution in [2.45, 2.75) is 6.42 Å². The first-order chi connectivity index (χ1) is 13.5. The lowest BCUT2D eigenvalue weighted by Gasteiger charge is -2.35. The van der Waals surface area contributed by atoms with Crippen molar-refractivity contribution < 1.29 is 19.1 Å². The van der Waals surface area contributed by atoms with E-state index in [4.69, 9.17) is 16.3 Å². The number of anilines is 2. The molecule has 1 fully saturated rings. The number of amides is 2. The molecule has 1 saturated heterocycles. The number of hydrogen-bond donors (Lipinski definition) is 1. The summed E-state index contributed by atoms with van der Waals surface area (Å²) < 4.78 is 5.07. The average molecular weight is 400 g/mol. The summed E-state index contributed by atoms with van der Waals surface area (Å²) in [6, 6.07) is 12.5. The number of esters is 1. The molecule has 0 bridgehead atoms. The molecule has 2 aromatic rings. The van der Waals surface area contributed by atoms with Gasteiger partial charge in [0.15, 0.2) is 0 Å². The zero-order chi connectivity index (χ0) is 19.7. The highest BCUT2D eigenvalue weighted by atomic mass is 35.5. The first kappa shape index (κ1) is 18.3. The summed E-state index contributed by atoms with van der Waals surface area (Å²) in [5.74, 6) is -1.19. The van der Waals surface area contributed by atoms with Gasteiger partial charge >= 0.3 is 17.8 Å². The Hall–Kier alpha value is -3.06. The number of benzene rings is 2. The van der Waals surface area contributed by atoms with Crippen LogP contribution >= 0.6 is 11.6 Å². The number of carbonyl (C=O) groups excluding carboxylic acids is 3. The van der Waals surface area contributed by atoms with Crippen molar-refractivity contribution in [3.05, 3.63) is 53.1 Å². The summed E-state index contributed by atoms with van der Waals surface area (Å²) in [7, 11) is 0. The van der Waals surface area contributed by atoms with Gasteiger partial charge in [0.2, 0.25) is 0 Å². The van der Waals surface area contributed by atoms with Gasteiger partial charge in [-0.05, 0) is 24.3 Å². The summed E-state index contributed by atoms with van der Waals surface area (Å²) >= 11 is 6.03. The molecule has 1 N–H and O–H groups in total. The highest BCUT2D eigenvalue weighted by molar-refractivity contribution is 6.39. The van der Waals surface area contributed by atoms with Gasteiger partial charge in [-0.2, -0.15) is 0 Å². The van der Waals surface area contributed by atoms with Crippen LogP contribution < -0.4 is 15.0 Å². The molecule has 0 aliphatic carbocycles. The van der Waals surface area contributed by atoms with E-state index >= 15 is 0 Å². The molecule has 0 atom stereocenters. The quantitative estimate of drug-likeness (QED) is 0.475. The number of hydrogen-bond acceptors (Lipinski definition) is 5. The summed E-state index contributed by atoms with van der Waals surface area (Å²) in [5, 5.41) is 3.24. The van der Waals surface area contributed by atoms with Crippen molar-refractivity contribution in [3.63, 3.8) is 0 Å². The molecule has 2 amide bonds. The zero-order valence-electron chi connectivity index (χ0n) is 15.0. The minimum Gasteiger partial charge on any atom is -0.426 e. The van der Waals surface area contributed by atoms with Crippen molar-refractivity contribution in [2.75, 3.05) is 36.4 Å². The Morgan fingerprint density at radius 2 is 1.82 bits per heavy atom. The zero-order valence-corrected chi connectivity index (χ0v) is 15.7. The van der Waals surface area contributed by atoms with Gasteiger partial charge in [0.25, 0.3) is 0 Å². The Kier molecular flexibility index (Phi) is 4.92. The van der Waals surface area contributed by atoms with Gasteiger partial charge in [-0.3, -0.25) is 14.4 Å². The predicted octanol–water partition coefficient (Wildman–Crippen LogP) is 2.09. The monoisotopic (exact) mass is 399 g/mol. The van der Waals surface area contributed by atoms with E-state index in [0.29, 0.717) is 42.6 Å². The molecule has 0 radical (unpaired) electrons. The molecule has 8 heteroatoms. The molecule has 2 aliphatic rings. The first-order valence-electron chi connectivity index (χ1n) is 8.94. The lowest BCUT2D eigenvalue weighted by Crippen LogP contribution is -2.51. The average Bonchev–Trinajstić information content (AvgIpc) is 3.07. The highest BCUT2D eigenvalue weighted by Crippen LogP contribution is 2.29. The standard InChI is InChI=1S/C20H18ClN3O4/c21-14-2-1-3-16(11-14)23-6-8-24(9-7-23)20(27)19(26)22-15-5-4-13-10-18(25)28-17(13)12-15/h1-5,11-12H,6-10H2,(H,22,26). The van der Waals surface area contributed by atoms with Crippen molar-refractivity contribution >= 4 is 40.8 Å². The Morgan fingerprint density at radius 3 is 2.57 bits per heavy atom. The van der Waals surface area contributed by atoms with E-state index in [-0.39, 0.29) is 12.4 Å². The lowest BCUT2D eigenvalue weighted by molar-refractivity contribution is -0.143. The van der Waals surface area contributed by atoms with Gasteiger partial charge in [0.05, 0.1) is 6.42 Å². The smallest absolute Gasteiger partial charge is 0.315 e. The largest absolute Gasteiger partial charge is 0.426 e. The summed E-state index contributed by atoms with van der Waals surface area (Å²) in [6.07, 6.45) is 0.222. The molecular formula is C20H18ClN3O4. The minimum atomic E-state index is -0.708. The Bertz CT molecular complexity index is 954. The number of halogens is 1. The second kappa shape index (κ2) is 7.52. The summed E-state index contributed by atoms with van der Waals surface area (Å²) in [5.41, 5.74) is 2.19. The number of fused-ring (bicyclic) bond motifs is 1. The van der Waals surface area contributed by atoms with Crippen molar-refractivity contribution in [1.29, 1.82) is 0 Å². The van der Waals surface area contributed by atoms with E-state index < -0.39 is 11.8 Å². The van der Waals surface area contributed by atoms with E-state index in [1.807, 2.05) is 24.3 Å². The molecule has 2 heterocycles. The van der Waals surface area contributed by atoms with Crippen LogP contribution in [-0.2, 0) is 20.8 Å². The van der Waals surface area contributed by atoms with E-state index in [1.54, 1.807) is 18.2 Å². The maximum Gasteiger partial charge on any atom is 0.315 e. The van der Waals surface area contributed by atoms with Crippen LogP contribution in [0.1, 0.15) is 5.56 Å². The van der Waals surface area contributed by atoms with Crippen LogP contribution in [-0.4, -0.2) is 48.9 Å². The van der Waals surface area contributed by atoms with Crippen LogP contribution in [0.15, 0.2) is 42.5 Å². The van der Waals surface area contributed by atoms with Crippen molar-refractivity contribution in [2.24, 2.45) is 0 Å². The van der Waals surface area contributed by atoms with Gasteiger partial charge in [-0.1, -0.05) is 23.7 Å². The van der Waals surface area contributed by atoms with Crippen LogP contribution in [0.25, 0.3) is 0 Å². The Labute approximate surface area is 166 Å². The fourth-order valence-corrected chi connectivity index (χ4v) is 3.54. The molecule has 0 saturated carbocycles. The van der Waals surface area contributed by atoms with Gasteiger partial charge in [-0.25, -0.2) is 0 Å². The van der Waals surface area contributed by atoms with Gasteiger partial charge in [0, 0.05) is 54.2 Å². The summed E-state index contributed by atoms with van der Waals surface area (Å²) in [4.78, 5) is 39.8. The molecule has 0 aromatic heterocycles. The topological polar surface area (TPSA) is 79.0 Å². The Balaban J connectivity index is 1.34. The molecule has 7 nitrogen and oxygen atoms in total. The molecule has 4 rings (SSSR count). The molecule has 144 valence electrons. The number of ether oxygens (including phenoxy) is 1. The second-order valence-corrected chi connectivity index (χ2v) is 7.12.